The van der Waals surface area contributed by atoms with Crippen LogP contribution in [0, 0.1) is 0 Å². The van der Waals surface area contributed by atoms with Crippen LogP contribution in [0.15, 0.2) is 61.7 Å². The monoisotopic (exact) mass is 208 g/mol. The van der Waals surface area contributed by atoms with Gasteiger partial charge in [-0.05, 0) is 34.7 Å². The highest BCUT2D eigenvalue weighted by Gasteiger charge is 2.02. The highest BCUT2D eigenvalue weighted by atomic mass is 14.1. The average molecular weight is 208 g/mol. The third kappa shape index (κ3) is 1.92. The molecule has 0 aromatic heterocycles. The maximum Gasteiger partial charge on any atom is -0.00940 e. The minimum atomic E-state index is 0.925. The van der Waals surface area contributed by atoms with Crippen LogP contribution in [0.1, 0.15) is 11.1 Å². The number of benzene rings is 2. The SMILES string of the molecule is C=CCc1cccc2c(CC=C)cccc12. The molecule has 0 aliphatic rings. The molecule has 2 aromatic carbocycles. The van der Waals surface area contributed by atoms with Gasteiger partial charge in [-0.2, -0.15) is 0 Å². The Hall–Kier alpha value is -1.82. The van der Waals surface area contributed by atoms with Crippen LogP contribution in [-0.4, -0.2) is 0 Å². The van der Waals surface area contributed by atoms with Crippen molar-refractivity contribution in [3.63, 3.8) is 0 Å². The quantitative estimate of drug-likeness (QED) is 0.657. The van der Waals surface area contributed by atoms with Crippen LogP contribution in [0.25, 0.3) is 10.8 Å². The molecule has 0 saturated heterocycles. The molecule has 0 aliphatic carbocycles. The van der Waals surface area contributed by atoms with Crippen LogP contribution in [0.4, 0.5) is 0 Å². The Labute approximate surface area is 96.9 Å². The predicted molar refractivity (Wildman–Crippen MR) is 71.8 cm³/mol. The van der Waals surface area contributed by atoms with Gasteiger partial charge in [-0.3, -0.25) is 0 Å². The van der Waals surface area contributed by atoms with Gasteiger partial charge in [-0.1, -0.05) is 48.6 Å². The van der Waals surface area contributed by atoms with E-state index >= 15 is 0 Å². The van der Waals surface area contributed by atoms with Gasteiger partial charge in [-0.25, -0.2) is 0 Å². The second-order valence-corrected chi connectivity index (χ2v) is 3.91. The van der Waals surface area contributed by atoms with Gasteiger partial charge in [-0.15, -0.1) is 13.2 Å². The summed E-state index contributed by atoms with van der Waals surface area (Å²) < 4.78 is 0. The molecule has 0 N–H and O–H groups in total. The molecule has 0 heteroatoms. The van der Waals surface area contributed by atoms with Crippen LogP contribution in [0.2, 0.25) is 0 Å². The van der Waals surface area contributed by atoms with Crippen molar-refractivity contribution >= 4 is 10.8 Å². The lowest BCUT2D eigenvalue weighted by molar-refractivity contribution is 1.28. The van der Waals surface area contributed by atoms with Crippen molar-refractivity contribution in [2.75, 3.05) is 0 Å². The third-order valence-corrected chi connectivity index (χ3v) is 2.83. The molecule has 80 valence electrons. The maximum atomic E-state index is 3.81. The topological polar surface area (TPSA) is 0 Å². The second-order valence-electron chi connectivity index (χ2n) is 3.91. The van der Waals surface area contributed by atoms with Gasteiger partial charge in [0.15, 0.2) is 0 Å². The molecule has 0 bridgehead atoms. The minimum Gasteiger partial charge on any atom is -0.103 e. The van der Waals surface area contributed by atoms with Gasteiger partial charge in [0, 0.05) is 0 Å². The average Bonchev–Trinajstić information content (AvgIpc) is 2.31. The van der Waals surface area contributed by atoms with E-state index in [4.69, 9.17) is 0 Å². The van der Waals surface area contributed by atoms with E-state index in [0.29, 0.717) is 0 Å². The van der Waals surface area contributed by atoms with E-state index < -0.39 is 0 Å². The Morgan fingerprint density at radius 1 is 0.750 bits per heavy atom. The van der Waals surface area contributed by atoms with Gasteiger partial charge in [0.05, 0.1) is 0 Å². The third-order valence-electron chi connectivity index (χ3n) is 2.83. The second kappa shape index (κ2) is 4.80. The number of hydrogen-bond acceptors (Lipinski definition) is 0. The van der Waals surface area contributed by atoms with Gasteiger partial charge >= 0.3 is 0 Å². The molecule has 0 heterocycles. The summed E-state index contributed by atoms with van der Waals surface area (Å²) in [5.41, 5.74) is 2.69. The molecule has 16 heavy (non-hydrogen) atoms. The zero-order valence-electron chi connectivity index (χ0n) is 9.45. The molecule has 0 fully saturated rings. The highest BCUT2D eigenvalue weighted by molar-refractivity contribution is 5.88. The van der Waals surface area contributed by atoms with E-state index in [0.717, 1.165) is 12.8 Å². The lowest BCUT2D eigenvalue weighted by Crippen LogP contribution is -1.88. The molecule has 2 rings (SSSR count). The zero-order chi connectivity index (χ0) is 11.4. The van der Waals surface area contributed by atoms with Crippen molar-refractivity contribution in [1.29, 1.82) is 0 Å². The first-order valence-electron chi connectivity index (χ1n) is 5.58. The molecule has 2 aromatic rings. The summed E-state index contributed by atoms with van der Waals surface area (Å²) in [5.74, 6) is 0. The number of rotatable bonds is 4. The summed E-state index contributed by atoms with van der Waals surface area (Å²) in [4.78, 5) is 0. The summed E-state index contributed by atoms with van der Waals surface area (Å²) >= 11 is 0. The first kappa shape index (κ1) is 10.7. The number of fused-ring (bicyclic) bond motifs is 1. The van der Waals surface area contributed by atoms with Crippen LogP contribution in [-0.2, 0) is 12.8 Å². The normalized spacial score (nSPS) is 10.2. The van der Waals surface area contributed by atoms with Crippen LogP contribution in [0.5, 0.6) is 0 Å². The first-order chi connectivity index (χ1) is 7.86. The summed E-state index contributed by atoms with van der Waals surface area (Å²) in [5, 5.41) is 2.67. The molecule has 0 amide bonds. The Morgan fingerprint density at radius 2 is 1.19 bits per heavy atom. The first-order valence-corrected chi connectivity index (χ1v) is 5.58. The fourth-order valence-electron chi connectivity index (χ4n) is 2.11. The van der Waals surface area contributed by atoms with Crippen molar-refractivity contribution in [1.82, 2.24) is 0 Å². The van der Waals surface area contributed by atoms with E-state index in [2.05, 4.69) is 49.6 Å². The van der Waals surface area contributed by atoms with E-state index in [9.17, 15) is 0 Å². The minimum absolute atomic E-state index is 0.925. The molecule has 0 atom stereocenters. The van der Waals surface area contributed by atoms with Gasteiger partial charge < -0.3 is 0 Å². The Kier molecular flexibility index (Phi) is 3.21. The Bertz CT molecular complexity index is 471. The largest absolute Gasteiger partial charge is 0.103 e. The molecule has 0 saturated carbocycles. The standard InChI is InChI=1S/C16H16/c1-3-7-13-9-5-12-16-14(8-4-2)10-6-11-15(13)16/h3-6,9-12H,1-2,7-8H2. The number of allylic oxidation sites excluding steroid dienone is 2. The maximum absolute atomic E-state index is 3.81. The van der Waals surface area contributed by atoms with Crippen molar-refractivity contribution in [3.05, 3.63) is 72.8 Å². The molecule has 0 aliphatic heterocycles. The van der Waals surface area contributed by atoms with Crippen molar-refractivity contribution in [3.8, 4) is 0 Å². The zero-order valence-corrected chi connectivity index (χ0v) is 9.45. The van der Waals surface area contributed by atoms with Crippen LogP contribution >= 0.6 is 0 Å². The highest BCUT2D eigenvalue weighted by Crippen LogP contribution is 2.23. The Morgan fingerprint density at radius 3 is 1.56 bits per heavy atom. The molecule has 0 spiro atoms. The summed E-state index contributed by atoms with van der Waals surface area (Å²) in [6, 6.07) is 12.9. The molecular formula is C16H16. The van der Waals surface area contributed by atoms with Crippen molar-refractivity contribution in [2.45, 2.75) is 12.8 Å². The van der Waals surface area contributed by atoms with Gasteiger partial charge in [0.1, 0.15) is 0 Å². The van der Waals surface area contributed by atoms with E-state index in [1.54, 1.807) is 0 Å². The lowest BCUT2D eigenvalue weighted by Gasteiger charge is -2.08. The van der Waals surface area contributed by atoms with E-state index in [-0.39, 0.29) is 0 Å². The number of hydrogen-bond donors (Lipinski definition) is 0. The lowest BCUT2D eigenvalue weighted by atomic mass is 9.97. The van der Waals surface area contributed by atoms with E-state index in [1.165, 1.54) is 21.9 Å². The summed E-state index contributed by atoms with van der Waals surface area (Å²) in [6.07, 6.45) is 5.76. The van der Waals surface area contributed by atoms with Crippen LogP contribution < -0.4 is 0 Å². The smallest absolute Gasteiger partial charge is 0.00940 e. The molecular weight excluding hydrogens is 192 g/mol. The fraction of sp³-hybridized carbons (Fsp3) is 0.125. The molecule has 0 nitrogen and oxygen atoms in total. The molecule has 0 unspecified atom stereocenters. The summed E-state index contributed by atoms with van der Waals surface area (Å²) in [6.45, 7) is 7.61. The van der Waals surface area contributed by atoms with Gasteiger partial charge in [0.25, 0.3) is 0 Å². The predicted octanol–water partition coefficient (Wildman–Crippen LogP) is 4.30. The Balaban J connectivity index is 2.65. The van der Waals surface area contributed by atoms with Crippen molar-refractivity contribution < 1.29 is 0 Å². The van der Waals surface area contributed by atoms with Gasteiger partial charge in [0.2, 0.25) is 0 Å². The molecule has 0 radical (unpaired) electrons. The van der Waals surface area contributed by atoms with Crippen LogP contribution in [0.3, 0.4) is 0 Å². The van der Waals surface area contributed by atoms with Crippen molar-refractivity contribution in [2.24, 2.45) is 0 Å². The fourth-order valence-corrected chi connectivity index (χ4v) is 2.11. The summed E-state index contributed by atoms with van der Waals surface area (Å²) in [7, 11) is 0. The van der Waals surface area contributed by atoms with E-state index in [1.807, 2.05) is 12.2 Å².